The minimum Gasteiger partial charge on any atom is -0.454 e. The Labute approximate surface area is 143 Å². The molecule has 1 aliphatic heterocycles. The van der Waals surface area contributed by atoms with Crippen LogP contribution in [-0.2, 0) is 11.2 Å². The molecule has 3 rings (SSSR count). The lowest BCUT2D eigenvalue weighted by atomic mass is 9.83. The van der Waals surface area contributed by atoms with E-state index in [1.807, 2.05) is 18.2 Å². The van der Waals surface area contributed by atoms with Gasteiger partial charge in [0.15, 0.2) is 11.5 Å². The first-order valence-corrected chi connectivity index (χ1v) is 9.00. The summed E-state index contributed by atoms with van der Waals surface area (Å²) in [6, 6.07) is 5.58. The minimum atomic E-state index is -0.0176. The molecule has 5 heteroatoms. The molecule has 0 bridgehead atoms. The van der Waals surface area contributed by atoms with Gasteiger partial charge in [-0.15, -0.1) is 0 Å². The molecule has 1 fully saturated rings. The van der Waals surface area contributed by atoms with Crippen molar-refractivity contribution in [1.82, 2.24) is 5.32 Å². The maximum atomic E-state index is 12.2. The summed E-state index contributed by atoms with van der Waals surface area (Å²) >= 11 is 0. The average molecular weight is 333 g/mol. The van der Waals surface area contributed by atoms with Crippen LogP contribution in [0.25, 0.3) is 0 Å². The Hall–Kier alpha value is -1.75. The molecule has 0 radical (unpaired) electrons. The molecule has 2 aliphatic rings. The summed E-state index contributed by atoms with van der Waals surface area (Å²) in [6.07, 6.45) is 7.81. The Morgan fingerprint density at radius 1 is 1.21 bits per heavy atom. The van der Waals surface area contributed by atoms with E-state index in [1.165, 1.54) is 32.1 Å². The smallest absolute Gasteiger partial charge is 0.231 e. The second kappa shape index (κ2) is 8.38. The highest BCUT2D eigenvalue weighted by Gasteiger charge is 2.19. The highest BCUT2D eigenvalue weighted by atomic mass is 16.7. The third kappa shape index (κ3) is 4.63. The first-order valence-electron chi connectivity index (χ1n) is 9.00. The zero-order valence-electron chi connectivity index (χ0n) is 14.1. The van der Waals surface area contributed by atoms with Crippen LogP contribution in [-0.4, -0.2) is 31.0 Å². The van der Waals surface area contributed by atoms with E-state index < -0.39 is 0 Å². The van der Waals surface area contributed by atoms with Crippen LogP contribution < -0.4 is 14.8 Å². The van der Waals surface area contributed by atoms with Gasteiger partial charge in [-0.1, -0.05) is 38.2 Å². The lowest BCUT2D eigenvalue weighted by molar-refractivity contribution is -0.120. The Morgan fingerprint density at radius 2 is 2.00 bits per heavy atom. The molecular weight excluding hydrogens is 306 g/mol. The van der Waals surface area contributed by atoms with Gasteiger partial charge in [0.25, 0.3) is 0 Å². The van der Waals surface area contributed by atoms with Gasteiger partial charge < -0.3 is 19.9 Å². The molecule has 0 saturated heterocycles. The molecule has 24 heavy (non-hydrogen) atoms. The number of fused-ring (bicyclic) bond motifs is 1. The summed E-state index contributed by atoms with van der Waals surface area (Å²) in [6.45, 7) is 0.932. The molecule has 1 saturated carbocycles. The Bertz CT molecular complexity index is 554. The molecule has 1 aromatic rings. The molecule has 5 nitrogen and oxygen atoms in total. The van der Waals surface area contributed by atoms with Crippen LogP contribution >= 0.6 is 0 Å². The van der Waals surface area contributed by atoms with Crippen molar-refractivity contribution in [1.29, 1.82) is 0 Å². The zero-order valence-corrected chi connectivity index (χ0v) is 14.1. The van der Waals surface area contributed by atoms with Gasteiger partial charge in [-0.25, -0.2) is 0 Å². The van der Waals surface area contributed by atoms with Crippen molar-refractivity contribution in [2.75, 3.05) is 19.9 Å². The summed E-state index contributed by atoms with van der Waals surface area (Å²) in [5.74, 6) is 2.28. The zero-order chi connectivity index (χ0) is 16.8. The topological polar surface area (TPSA) is 67.8 Å². The first kappa shape index (κ1) is 17.1. The van der Waals surface area contributed by atoms with E-state index in [1.54, 1.807) is 0 Å². The standard InChI is InChI=1S/C19H27NO4/c21-12-16(8-14-4-2-1-3-5-14)11-20-19(22)10-15-6-7-17-18(9-15)24-13-23-17/h6-7,9,14,16,21H,1-5,8,10-13H2,(H,20,22)/t16-/m0/s1. The molecule has 1 atom stereocenters. The van der Waals surface area contributed by atoms with Gasteiger partial charge in [0.05, 0.1) is 6.42 Å². The number of hydrogen-bond acceptors (Lipinski definition) is 4. The number of ether oxygens (including phenoxy) is 2. The van der Waals surface area contributed by atoms with E-state index >= 15 is 0 Å². The van der Waals surface area contributed by atoms with Gasteiger partial charge >= 0.3 is 0 Å². The number of carbonyl (C=O) groups excluding carboxylic acids is 1. The maximum absolute atomic E-state index is 12.2. The van der Waals surface area contributed by atoms with Gasteiger partial charge in [0.2, 0.25) is 12.7 Å². The number of nitrogens with one attached hydrogen (secondary N) is 1. The fourth-order valence-corrected chi connectivity index (χ4v) is 3.67. The monoisotopic (exact) mass is 333 g/mol. The number of carbonyl (C=O) groups is 1. The fraction of sp³-hybridized carbons (Fsp3) is 0.632. The Morgan fingerprint density at radius 3 is 2.79 bits per heavy atom. The number of amides is 1. The predicted molar refractivity (Wildman–Crippen MR) is 91.0 cm³/mol. The first-order chi connectivity index (χ1) is 11.7. The highest BCUT2D eigenvalue weighted by Crippen LogP contribution is 2.32. The number of hydrogen-bond donors (Lipinski definition) is 2. The van der Waals surface area contributed by atoms with Crippen LogP contribution in [0.4, 0.5) is 0 Å². The van der Waals surface area contributed by atoms with Crippen LogP contribution in [0.2, 0.25) is 0 Å². The summed E-state index contributed by atoms with van der Waals surface area (Å²) in [4.78, 5) is 12.2. The van der Waals surface area contributed by atoms with Crippen LogP contribution in [0, 0.1) is 11.8 Å². The van der Waals surface area contributed by atoms with E-state index in [0.29, 0.717) is 24.6 Å². The van der Waals surface area contributed by atoms with Crippen LogP contribution in [0.1, 0.15) is 44.1 Å². The Balaban J connectivity index is 1.43. The minimum absolute atomic E-state index is 0.0176. The Kier molecular flexibility index (Phi) is 5.96. The molecule has 0 aromatic heterocycles. The number of rotatable bonds is 7. The lowest BCUT2D eigenvalue weighted by Gasteiger charge is -2.25. The van der Waals surface area contributed by atoms with E-state index in [9.17, 15) is 9.90 Å². The molecule has 2 N–H and O–H groups in total. The van der Waals surface area contributed by atoms with Crippen molar-refractivity contribution in [3.05, 3.63) is 23.8 Å². The highest BCUT2D eigenvalue weighted by molar-refractivity contribution is 5.78. The van der Waals surface area contributed by atoms with Crippen molar-refractivity contribution in [2.45, 2.75) is 44.9 Å². The van der Waals surface area contributed by atoms with Crippen LogP contribution in [0.15, 0.2) is 18.2 Å². The van der Waals surface area contributed by atoms with Crippen molar-refractivity contribution in [3.8, 4) is 11.5 Å². The number of benzene rings is 1. The van der Waals surface area contributed by atoms with Gasteiger partial charge in [-0.05, 0) is 36.0 Å². The molecule has 0 unspecified atom stereocenters. The molecular formula is C19H27NO4. The SMILES string of the molecule is O=C(Cc1ccc2c(c1)OCO2)NC[C@@H](CO)CC1CCCCC1. The average Bonchev–Trinajstić information content (AvgIpc) is 3.07. The van der Waals surface area contributed by atoms with Crippen molar-refractivity contribution < 1.29 is 19.4 Å². The molecule has 132 valence electrons. The summed E-state index contributed by atoms with van der Waals surface area (Å²) in [5.41, 5.74) is 0.907. The normalized spacial score (nSPS) is 18.4. The summed E-state index contributed by atoms with van der Waals surface area (Å²) in [5, 5.41) is 12.6. The van der Waals surface area contributed by atoms with Crippen LogP contribution in [0.3, 0.4) is 0 Å². The van der Waals surface area contributed by atoms with E-state index in [2.05, 4.69) is 5.32 Å². The molecule has 0 spiro atoms. The van der Waals surface area contributed by atoms with E-state index in [4.69, 9.17) is 9.47 Å². The maximum Gasteiger partial charge on any atom is 0.231 e. The lowest BCUT2D eigenvalue weighted by Crippen LogP contribution is -2.33. The van der Waals surface area contributed by atoms with E-state index in [0.717, 1.165) is 17.7 Å². The largest absolute Gasteiger partial charge is 0.454 e. The second-order valence-corrected chi connectivity index (χ2v) is 6.96. The molecule has 1 aromatic carbocycles. The number of aliphatic hydroxyl groups is 1. The molecule has 1 heterocycles. The van der Waals surface area contributed by atoms with Gasteiger partial charge in [-0.2, -0.15) is 0 Å². The van der Waals surface area contributed by atoms with Gasteiger partial charge in [-0.3, -0.25) is 4.79 Å². The molecule has 1 aliphatic carbocycles. The summed E-state index contributed by atoms with van der Waals surface area (Å²) < 4.78 is 10.6. The van der Waals surface area contributed by atoms with Crippen molar-refractivity contribution in [2.24, 2.45) is 11.8 Å². The third-order valence-corrected chi connectivity index (χ3v) is 5.04. The number of aliphatic hydroxyl groups excluding tert-OH is 1. The van der Waals surface area contributed by atoms with Crippen molar-refractivity contribution in [3.63, 3.8) is 0 Å². The van der Waals surface area contributed by atoms with Crippen molar-refractivity contribution >= 4 is 5.91 Å². The van der Waals surface area contributed by atoms with Gasteiger partial charge in [0.1, 0.15) is 0 Å². The quantitative estimate of drug-likeness (QED) is 0.805. The third-order valence-electron chi connectivity index (χ3n) is 5.04. The fourth-order valence-electron chi connectivity index (χ4n) is 3.67. The molecule has 1 amide bonds. The van der Waals surface area contributed by atoms with Crippen LogP contribution in [0.5, 0.6) is 11.5 Å². The van der Waals surface area contributed by atoms with Gasteiger partial charge in [0, 0.05) is 13.2 Å². The second-order valence-electron chi connectivity index (χ2n) is 6.96. The predicted octanol–water partition coefficient (Wildman–Crippen LogP) is 2.65. The summed E-state index contributed by atoms with van der Waals surface area (Å²) in [7, 11) is 0. The van der Waals surface area contributed by atoms with E-state index in [-0.39, 0.29) is 25.2 Å².